The summed E-state index contributed by atoms with van der Waals surface area (Å²) in [6.45, 7) is 0.626. The van der Waals surface area contributed by atoms with Gasteiger partial charge in [0.05, 0.1) is 27.9 Å². The summed E-state index contributed by atoms with van der Waals surface area (Å²) in [5.74, 6) is 0.496. The third-order valence-electron chi connectivity index (χ3n) is 3.52. The van der Waals surface area contributed by atoms with E-state index in [1.165, 1.54) is 12.1 Å². The Morgan fingerprint density at radius 1 is 1.19 bits per heavy atom. The van der Waals surface area contributed by atoms with Gasteiger partial charge in [-0.2, -0.15) is 0 Å². The predicted molar refractivity (Wildman–Crippen MR) is 84.6 cm³/mol. The third kappa shape index (κ3) is 2.59. The second-order valence-corrected chi connectivity index (χ2v) is 5.74. The van der Waals surface area contributed by atoms with Gasteiger partial charge in [-0.25, -0.2) is 0 Å². The molecule has 0 saturated heterocycles. The van der Waals surface area contributed by atoms with Crippen molar-refractivity contribution in [3.8, 4) is 5.75 Å². The standard InChI is InChI=1S/C16H13Cl2NO2/c17-12-7-10(8-13(18)14(12)19)15(20)11-5-1-3-9-4-2-6-21-16(9)11/h1,3,5,7-8H,2,4,6,19H2. The lowest BCUT2D eigenvalue weighted by Gasteiger charge is -2.19. The van der Waals surface area contributed by atoms with Crippen LogP contribution in [0.3, 0.4) is 0 Å². The molecule has 1 heterocycles. The molecule has 3 nitrogen and oxygen atoms in total. The zero-order chi connectivity index (χ0) is 15.0. The highest BCUT2D eigenvalue weighted by molar-refractivity contribution is 6.39. The normalized spacial score (nSPS) is 13.4. The van der Waals surface area contributed by atoms with Crippen LogP contribution in [0.2, 0.25) is 10.0 Å². The number of hydrogen-bond donors (Lipinski definition) is 1. The monoisotopic (exact) mass is 321 g/mol. The lowest BCUT2D eigenvalue weighted by Crippen LogP contribution is -2.13. The summed E-state index contributed by atoms with van der Waals surface area (Å²) in [7, 11) is 0. The number of ketones is 1. The van der Waals surface area contributed by atoms with Crippen LogP contribution in [0.5, 0.6) is 5.75 Å². The average Bonchev–Trinajstić information content (AvgIpc) is 2.51. The zero-order valence-electron chi connectivity index (χ0n) is 11.2. The number of nitrogen functional groups attached to an aromatic ring is 1. The van der Waals surface area contributed by atoms with Gasteiger partial charge in [-0.05, 0) is 36.6 Å². The molecule has 0 unspecified atom stereocenters. The first kappa shape index (κ1) is 14.2. The minimum atomic E-state index is -0.169. The lowest BCUT2D eigenvalue weighted by atomic mass is 9.96. The number of carbonyl (C=O) groups is 1. The third-order valence-corrected chi connectivity index (χ3v) is 4.14. The zero-order valence-corrected chi connectivity index (χ0v) is 12.7. The summed E-state index contributed by atoms with van der Waals surface area (Å²) in [6, 6.07) is 8.67. The van der Waals surface area contributed by atoms with Crippen LogP contribution in [0.4, 0.5) is 5.69 Å². The molecule has 2 N–H and O–H groups in total. The number of hydrogen-bond acceptors (Lipinski definition) is 3. The fourth-order valence-electron chi connectivity index (χ4n) is 2.44. The van der Waals surface area contributed by atoms with Crippen molar-refractivity contribution in [3.63, 3.8) is 0 Å². The van der Waals surface area contributed by atoms with Crippen molar-refractivity contribution in [1.82, 2.24) is 0 Å². The largest absolute Gasteiger partial charge is 0.493 e. The molecular formula is C16H13Cl2NO2. The van der Waals surface area contributed by atoms with Crippen LogP contribution < -0.4 is 10.5 Å². The minimum Gasteiger partial charge on any atom is -0.493 e. The molecule has 0 amide bonds. The molecule has 108 valence electrons. The molecule has 5 heteroatoms. The van der Waals surface area contributed by atoms with Gasteiger partial charge in [0.15, 0.2) is 5.78 Å². The van der Waals surface area contributed by atoms with Crippen LogP contribution in [0.15, 0.2) is 30.3 Å². The van der Waals surface area contributed by atoms with E-state index in [1.54, 1.807) is 6.07 Å². The van der Waals surface area contributed by atoms with Crippen molar-refractivity contribution in [3.05, 3.63) is 57.1 Å². The van der Waals surface area contributed by atoms with Crippen LogP contribution in [0.25, 0.3) is 0 Å². The van der Waals surface area contributed by atoms with Gasteiger partial charge < -0.3 is 10.5 Å². The quantitative estimate of drug-likeness (QED) is 0.668. The summed E-state index contributed by atoms with van der Waals surface area (Å²) < 4.78 is 5.67. The van der Waals surface area contributed by atoms with Gasteiger partial charge in [0.2, 0.25) is 0 Å². The number of ether oxygens (including phenoxy) is 1. The van der Waals surface area contributed by atoms with Gasteiger partial charge in [-0.3, -0.25) is 4.79 Å². The molecule has 0 bridgehead atoms. The van der Waals surface area contributed by atoms with Crippen molar-refractivity contribution in [2.24, 2.45) is 0 Å². The molecule has 1 aliphatic heterocycles. The first-order valence-corrected chi connectivity index (χ1v) is 7.37. The first-order valence-electron chi connectivity index (χ1n) is 6.62. The summed E-state index contributed by atoms with van der Waals surface area (Å²) in [5.41, 5.74) is 7.97. The summed E-state index contributed by atoms with van der Waals surface area (Å²) in [5, 5.41) is 0.549. The van der Waals surface area contributed by atoms with Crippen molar-refractivity contribution in [2.75, 3.05) is 12.3 Å². The van der Waals surface area contributed by atoms with Crippen LogP contribution in [0, 0.1) is 0 Å². The summed E-state index contributed by atoms with van der Waals surface area (Å²) in [4.78, 5) is 12.7. The number of nitrogens with two attached hydrogens (primary N) is 1. The number of anilines is 1. The SMILES string of the molecule is Nc1c(Cl)cc(C(=O)c2cccc3c2OCCC3)cc1Cl. The number of halogens is 2. The molecule has 0 aliphatic carbocycles. The maximum Gasteiger partial charge on any atom is 0.196 e. The minimum absolute atomic E-state index is 0.169. The highest BCUT2D eigenvalue weighted by atomic mass is 35.5. The Kier molecular flexibility index (Phi) is 3.79. The Balaban J connectivity index is 2.07. The highest BCUT2D eigenvalue weighted by Gasteiger charge is 2.21. The Bertz CT molecular complexity index is 705. The van der Waals surface area contributed by atoms with E-state index in [9.17, 15) is 4.79 Å². The maximum absolute atomic E-state index is 12.7. The van der Waals surface area contributed by atoms with Gasteiger partial charge in [-0.15, -0.1) is 0 Å². The van der Waals surface area contributed by atoms with E-state index in [-0.39, 0.29) is 21.5 Å². The molecule has 21 heavy (non-hydrogen) atoms. The molecule has 0 aromatic heterocycles. The molecule has 3 rings (SSSR count). The van der Waals surface area contributed by atoms with E-state index in [0.717, 1.165) is 18.4 Å². The molecule has 0 saturated carbocycles. The molecule has 0 radical (unpaired) electrons. The van der Waals surface area contributed by atoms with Crippen LogP contribution in [-0.4, -0.2) is 12.4 Å². The van der Waals surface area contributed by atoms with Gasteiger partial charge in [0, 0.05) is 5.56 Å². The van der Waals surface area contributed by atoms with Crippen molar-refractivity contribution in [2.45, 2.75) is 12.8 Å². The Morgan fingerprint density at radius 2 is 1.90 bits per heavy atom. The van der Waals surface area contributed by atoms with E-state index in [1.807, 2.05) is 12.1 Å². The second kappa shape index (κ2) is 5.58. The Labute approximate surface area is 132 Å². The number of aryl methyl sites for hydroxylation is 1. The number of fused-ring (bicyclic) bond motifs is 1. The molecular weight excluding hydrogens is 309 g/mol. The molecule has 0 fully saturated rings. The van der Waals surface area contributed by atoms with Gasteiger partial charge >= 0.3 is 0 Å². The predicted octanol–water partition coefficient (Wildman–Crippen LogP) is 4.13. The Hall–Kier alpha value is -1.71. The number of para-hydroxylation sites is 1. The fraction of sp³-hybridized carbons (Fsp3) is 0.188. The fourth-order valence-corrected chi connectivity index (χ4v) is 2.93. The van der Waals surface area contributed by atoms with Crippen LogP contribution in [-0.2, 0) is 6.42 Å². The van der Waals surface area contributed by atoms with E-state index >= 15 is 0 Å². The van der Waals surface area contributed by atoms with E-state index in [4.69, 9.17) is 33.7 Å². The second-order valence-electron chi connectivity index (χ2n) is 4.93. The van der Waals surface area contributed by atoms with E-state index in [0.29, 0.717) is 23.5 Å². The van der Waals surface area contributed by atoms with E-state index < -0.39 is 0 Å². The van der Waals surface area contributed by atoms with E-state index in [2.05, 4.69) is 0 Å². The maximum atomic E-state index is 12.7. The molecule has 2 aromatic rings. The van der Waals surface area contributed by atoms with Gasteiger partial charge in [-0.1, -0.05) is 35.3 Å². The van der Waals surface area contributed by atoms with Crippen molar-refractivity contribution in [1.29, 1.82) is 0 Å². The lowest BCUT2D eigenvalue weighted by molar-refractivity contribution is 0.103. The summed E-state index contributed by atoms with van der Waals surface area (Å²) >= 11 is 12.0. The smallest absolute Gasteiger partial charge is 0.196 e. The van der Waals surface area contributed by atoms with Gasteiger partial charge in [0.1, 0.15) is 5.75 Å². The number of carbonyl (C=O) groups excluding carboxylic acids is 1. The topological polar surface area (TPSA) is 52.3 Å². The molecule has 1 aliphatic rings. The highest BCUT2D eigenvalue weighted by Crippen LogP contribution is 2.33. The first-order chi connectivity index (χ1) is 10.1. The number of rotatable bonds is 2. The van der Waals surface area contributed by atoms with Crippen LogP contribution in [0.1, 0.15) is 27.9 Å². The average molecular weight is 322 g/mol. The Morgan fingerprint density at radius 3 is 2.62 bits per heavy atom. The van der Waals surface area contributed by atoms with Gasteiger partial charge in [0.25, 0.3) is 0 Å². The molecule has 0 spiro atoms. The van der Waals surface area contributed by atoms with Crippen molar-refractivity contribution >= 4 is 34.7 Å². The van der Waals surface area contributed by atoms with Crippen molar-refractivity contribution < 1.29 is 9.53 Å². The molecule has 2 aromatic carbocycles. The number of benzene rings is 2. The summed E-state index contributed by atoms with van der Waals surface area (Å²) in [6.07, 6.45) is 1.88. The molecule has 0 atom stereocenters. The van der Waals surface area contributed by atoms with Crippen LogP contribution >= 0.6 is 23.2 Å².